The van der Waals surface area contributed by atoms with Crippen LogP contribution < -0.4 is 0 Å². The Balaban J connectivity index is 2.28. The van der Waals surface area contributed by atoms with Crippen molar-refractivity contribution in [3.63, 3.8) is 0 Å². The van der Waals surface area contributed by atoms with Gasteiger partial charge in [-0.3, -0.25) is 0 Å². The topological polar surface area (TPSA) is 46.5 Å². The lowest BCUT2D eigenvalue weighted by Gasteiger charge is -2.23. The second kappa shape index (κ2) is 5.84. The Morgan fingerprint density at radius 1 is 1.45 bits per heavy atom. The molecule has 0 aliphatic heterocycles. The van der Waals surface area contributed by atoms with Crippen LogP contribution >= 0.6 is 27.3 Å². The molecule has 2 aromatic rings. The van der Waals surface area contributed by atoms with Crippen molar-refractivity contribution in [3.8, 4) is 0 Å². The molecule has 1 aromatic carbocycles. The van der Waals surface area contributed by atoms with E-state index in [1.54, 1.807) is 11.3 Å². The molecule has 5 heteroatoms. The van der Waals surface area contributed by atoms with Gasteiger partial charge in [0, 0.05) is 25.9 Å². The van der Waals surface area contributed by atoms with Gasteiger partial charge in [-0.1, -0.05) is 12.1 Å². The molecular weight excluding hydrogens is 340 g/mol. The van der Waals surface area contributed by atoms with E-state index in [9.17, 15) is 4.79 Å². The van der Waals surface area contributed by atoms with Crippen LogP contribution in [-0.2, 0) is 16.0 Å². The molecule has 1 N–H and O–H groups in total. The number of hydrogen-bond donors (Lipinski definition) is 1. The summed E-state index contributed by atoms with van der Waals surface area (Å²) in [5.41, 5.74) is 0.733. The maximum absolute atomic E-state index is 10.6. The molecule has 0 aliphatic rings. The van der Waals surface area contributed by atoms with E-state index in [0.29, 0.717) is 6.42 Å². The fraction of sp³-hybridized carbons (Fsp3) is 0.400. The van der Waals surface area contributed by atoms with Crippen molar-refractivity contribution in [1.29, 1.82) is 0 Å². The van der Waals surface area contributed by atoms with Gasteiger partial charge >= 0.3 is 5.97 Å². The standard InChI is InChI=1S/C15H17BrO3S/c1-9-5-4-6-10-13(9)14(16)11(20-10)7-15(2,3)19-8-12(17)18/h4-6H,7-8H2,1-3H3,(H,17,18). The highest BCUT2D eigenvalue weighted by molar-refractivity contribution is 9.10. The molecule has 0 amide bonds. The number of carbonyl (C=O) groups is 1. The minimum atomic E-state index is -0.940. The lowest BCUT2D eigenvalue weighted by Crippen LogP contribution is -2.29. The fourth-order valence-corrected chi connectivity index (χ4v) is 4.56. The van der Waals surface area contributed by atoms with Crippen molar-refractivity contribution in [1.82, 2.24) is 0 Å². The number of aliphatic carboxylic acids is 1. The zero-order chi connectivity index (χ0) is 14.9. The van der Waals surface area contributed by atoms with Crippen molar-refractivity contribution in [2.75, 3.05) is 6.61 Å². The van der Waals surface area contributed by atoms with Crippen LogP contribution in [-0.4, -0.2) is 23.3 Å². The average molecular weight is 357 g/mol. The summed E-state index contributed by atoms with van der Waals surface area (Å²) in [6.45, 7) is 5.66. The van der Waals surface area contributed by atoms with Crippen LogP contribution in [0.3, 0.4) is 0 Å². The summed E-state index contributed by atoms with van der Waals surface area (Å²) < 4.78 is 7.80. The van der Waals surface area contributed by atoms with Gasteiger partial charge in [0.05, 0.1) is 5.60 Å². The van der Waals surface area contributed by atoms with Crippen LogP contribution in [0.2, 0.25) is 0 Å². The molecule has 0 aliphatic carbocycles. The Hall–Kier alpha value is -0.910. The number of aryl methyl sites for hydroxylation is 1. The molecule has 0 atom stereocenters. The van der Waals surface area contributed by atoms with Crippen LogP contribution in [0.25, 0.3) is 10.1 Å². The number of fused-ring (bicyclic) bond motifs is 1. The quantitative estimate of drug-likeness (QED) is 0.863. The van der Waals surface area contributed by atoms with Crippen molar-refractivity contribution < 1.29 is 14.6 Å². The molecule has 0 bridgehead atoms. The minimum Gasteiger partial charge on any atom is -0.480 e. The average Bonchev–Trinajstić information content (AvgIpc) is 2.65. The van der Waals surface area contributed by atoms with Gasteiger partial charge in [-0.15, -0.1) is 11.3 Å². The Morgan fingerprint density at radius 2 is 2.15 bits per heavy atom. The highest BCUT2D eigenvalue weighted by Gasteiger charge is 2.24. The zero-order valence-electron chi connectivity index (χ0n) is 11.7. The molecule has 0 fully saturated rings. The van der Waals surface area contributed by atoms with Gasteiger partial charge in [0.1, 0.15) is 6.61 Å². The van der Waals surface area contributed by atoms with E-state index in [2.05, 4.69) is 41.1 Å². The second-order valence-electron chi connectivity index (χ2n) is 5.41. The van der Waals surface area contributed by atoms with E-state index in [1.165, 1.54) is 20.5 Å². The fourth-order valence-electron chi connectivity index (χ4n) is 2.13. The van der Waals surface area contributed by atoms with Gasteiger partial charge in [-0.05, 0) is 48.3 Å². The van der Waals surface area contributed by atoms with Crippen molar-refractivity contribution in [3.05, 3.63) is 33.1 Å². The van der Waals surface area contributed by atoms with Crippen LogP contribution in [0.1, 0.15) is 24.3 Å². The van der Waals surface area contributed by atoms with Crippen LogP contribution in [0, 0.1) is 6.92 Å². The first-order chi connectivity index (χ1) is 9.30. The minimum absolute atomic E-state index is 0.269. The third-order valence-corrected chi connectivity index (χ3v) is 5.40. The normalized spacial score (nSPS) is 12.0. The molecule has 0 radical (unpaired) electrons. The summed E-state index contributed by atoms with van der Waals surface area (Å²) in [5.74, 6) is -0.940. The third kappa shape index (κ3) is 3.40. The van der Waals surface area contributed by atoms with Crippen LogP contribution in [0.4, 0.5) is 0 Å². The first-order valence-electron chi connectivity index (χ1n) is 6.32. The summed E-state index contributed by atoms with van der Waals surface area (Å²) in [7, 11) is 0. The predicted molar refractivity (Wildman–Crippen MR) is 85.6 cm³/mol. The van der Waals surface area contributed by atoms with Crippen LogP contribution in [0.15, 0.2) is 22.7 Å². The molecule has 108 valence electrons. The number of thiophene rings is 1. The first kappa shape index (κ1) is 15.5. The molecule has 1 aromatic heterocycles. The Morgan fingerprint density at radius 3 is 2.75 bits per heavy atom. The molecule has 0 spiro atoms. The van der Waals surface area contributed by atoms with Crippen molar-refractivity contribution in [2.45, 2.75) is 32.8 Å². The number of carboxylic acids is 1. The first-order valence-corrected chi connectivity index (χ1v) is 7.93. The molecule has 3 nitrogen and oxygen atoms in total. The molecular formula is C15H17BrO3S. The van der Waals surface area contributed by atoms with E-state index in [-0.39, 0.29) is 6.61 Å². The van der Waals surface area contributed by atoms with Gasteiger partial charge in [0.15, 0.2) is 0 Å². The summed E-state index contributed by atoms with van der Waals surface area (Å²) >= 11 is 5.40. The third-order valence-electron chi connectivity index (χ3n) is 3.10. The van der Waals surface area contributed by atoms with Gasteiger partial charge < -0.3 is 9.84 Å². The molecule has 20 heavy (non-hydrogen) atoms. The Labute approximate surface area is 130 Å². The molecule has 0 saturated heterocycles. The number of benzene rings is 1. The summed E-state index contributed by atoms with van der Waals surface area (Å²) in [5, 5.41) is 9.95. The Kier molecular flexibility index (Phi) is 4.52. The lowest BCUT2D eigenvalue weighted by atomic mass is 10.0. The maximum atomic E-state index is 10.6. The van der Waals surface area contributed by atoms with Gasteiger partial charge in [0.25, 0.3) is 0 Å². The van der Waals surface area contributed by atoms with E-state index in [1.807, 2.05) is 13.8 Å². The molecule has 0 saturated carbocycles. The van der Waals surface area contributed by atoms with Crippen molar-refractivity contribution >= 4 is 43.3 Å². The highest BCUT2D eigenvalue weighted by Crippen LogP contribution is 2.39. The van der Waals surface area contributed by atoms with E-state index >= 15 is 0 Å². The van der Waals surface area contributed by atoms with E-state index in [4.69, 9.17) is 9.84 Å². The largest absolute Gasteiger partial charge is 0.480 e. The summed E-state index contributed by atoms with van der Waals surface area (Å²) in [6, 6.07) is 6.25. The monoisotopic (exact) mass is 356 g/mol. The van der Waals surface area contributed by atoms with E-state index < -0.39 is 11.6 Å². The number of hydrogen-bond acceptors (Lipinski definition) is 3. The molecule has 0 unspecified atom stereocenters. The molecule has 1 heterocycles. The van der Waals surface area contributed by atoms with Crippen molar-refractivity contribution in [2.24, 2.45) is 0 Å². The van der Waals surface area contributed by atoms with Gasteiger partial charge in [-0.25, -0.2) is 4.79 Å². The number of carboxylic acid groups (broad SMARTS) is 1. The zero-order valence-corrected chi connectivity index (χ0v) is 14.1. The number of ether oxygens (including phenoxy) is 1. The summed E-state index contributed by atoms with van der Waals surface area (Å²) in [4.78, 5) is 11.8. The number of halogens is 1. The summed E-state index contributed by atoms with van der Waals surface area (Å²) in [6.07, 6.45) is 0.680. The smallest absolute Gasteiger partial charge is 0.329 e. The molecule has 2 rings (SSSR count). The predicted octanol–water partition coefficient (Wildman–Crippen LogP) is 4.39. The highest BCUT2D eigenvalue weighted by atomic mass is 79.9. The lowest BCUT2D eigenvalue weighted by molar-refractivity contribution is -0.147. The van der Waals surface area contributed by atoms with Gasteiger partial charge in [-0.2, -0.15) is 0 Å². The Bertz CT molecular complexity index is 646. The SMILES string of the molecule is Cc1cccc2sc(CC(C)(C)OCC(=O)O)c(Br)c12. The number of rotatable bonds is 5. The van der Waals surface area contributed by atoms with Gasteiger partial charge in [0.2, 0.25) is 0 Å². The maximum Gasteiger partial charge on any atom is 0.329 e. The van der Waals surface area contributed by atoms with Crippen LogP contribution in [0.5, 0.6) is 0 Å². The van der Waals surface area contributed by atoms with E-state index in [0.717, 1.165) is 4.47 Å². The second-order valence-corrected chi connectivity index (χ2v) is 7.34.